The highest BCUT2D eigenvalue weighted by molar-refractivity contribution is 5.40. The summed E-state index contributed by atoms with van der Waals surface area (Å²) in [5.41, 5.74) is 7.35. The SMILES string of the molecule is CCN1CCOC(C(N)c2cc(OC)cc(OC)c2)C1. The van der Waals surface area contributed by atoms with Crippen LogP contribution in [0.5, 0.6) is 11.5 Å². The molecular formula is C15H24N2O3. The summed E-state index contributed by atoms with van der Waals surface area (Å²) in [5, 5.41) is 0. The molecule has 2 atom stereocenters. The van der Waals surface area contributed by atoms with E-state index in [1.807, 2.05) is 18.2 Å². The van der Waals surface area contributed by atoms with Gasteiger partial charge in [0.2, 0.25) is 0 Å². The number of likely N-dealkylation sites (N-methyl/N-ethyl adjacent to an activating group) is 1. The summed E-state index contributed by atoms with van der Waals surface area (Å²) >= 11 is 0. The van der Waals surface area contributed by atoms with Crippen molar-refractivity contribution < 1.29 is 14.2 Å². The molecule has 1 aliphatic heterocycles. The molecule has 112 valence electrons. The van der Waals surface area contributed by atoms with E-state index < -0.39 is 0 Å². The molecule has 0 amide bonds. The van der Waals surface area contributed by atoms with Gasteiger partial charge >= 0.3 is 0 Å². The monoisotopic (exact) mass is 280 g/mol. The van der Waals surface area contributed by atoms with E-state index in [0.717, 1.165) is 43.3 Å². The van der Waals surface area contributed by atoms with Crippen molar-refractivity contribution in [1.29, 1.82) is 0 Å². The summed E-state index contributed by atoms with van der Waals surface area (Å²) in [6.07, 6.45) is 0.000474. The van der Waals surface area contributed by atoms with Crippen molar-refractivity contribution in [2.45, 2.75) is 19.1 Å². The van der Waals surface area contributed by atoms with Gasteiger partial charge in [-0.1, -0.05) is 6.92 Å². The maximum atomic E-state index is 6.37. The van der Waals surface area contributed by atoms with Gasteiger partial charge in [0.25, 0.3) is 0 Å². The van der Waals surface area contributed by atoms with Crippen molar-refractivity contribution in [3.63, 3.8) is 0 Å². The van der Waals surface area contributed by atoms with Gasteiger partial charge in [0.15, 0.2) is 0 Å². The Bertz CT molecular complexity index is 417. The van der Waals surface area contributed by atoms with Crippen molar-refractivity contribution in [2.75, 3.05) is 40.5 Å². The van der Waals surface area contributed by atoms with Gasteiger partial charge in [-0.25, -0.2) is 0 Å². The molecule has 1 fully saturated rings. The van der Waals surface area contributed by atoms with Crippen LogP contribution >= 0.6 is 0 Å². The number of methoxy groups -OCH3 is 2. The number of nitrogens with two attached hydrogens (primary N) is 1. The van der Waals surface area contributed by atoms with Crippen molar-refractivity contribution in [2.24, 2.45) is 5.73 Å². The largest absolute Gasteiger partial charge is 0.497 e. The lowest BCUT2D eigenvalue weighted by atomic mass is 10.00. The number of rotatable bonds is 5. The van der Waals surface area contributed by atoms with E-state index in [1.165, 1.54) is 0 Å². The first-order valence-electron chi connectivity index (χ1n) is 7.00. The Labute approximate surface area is 120 Å². The van der Waals surface area contributed by atoms with Crippen molar-refractivity contribution in [3.8, 4) is 11.5 Å². The third kappa shape index (κ3) is 3.42. The summed E-state index contributed by atoms with van der Waals surface area (Å²) < 4.78 is 16.4. The van der Waals surface area contributed by atoms with Crippen molar-refractivity contribution in [3.05, 3.63) is 23.8 Å². The van der Waals surface area contributed by atoms with Crippen LogP contribution < -0.4 is 15.2 Å². The smallest absolute Gasteiger partial charge is 0.122 e. The van der Waals surface area contributed by atoms with Crippen molar-refractivity contribution in [1.82, 2.24) is 4.90 Å². The normalized spacial score (nSPS) is 21.5. The maximum absolute atomic E-state index is 6.37. The predicted octanol–water partition coefficient (Wildman–Crippen LogP) is 1.42. The Hall–Kier alpha value is -1.30. The highest BCUT2D eigenvalue weighted by atomic mass is 16.5. The fourth-order valence-corrected chi connectivity index (χ4v) is 2.47. The van der Waals surface area contributed by atoms with Crippen LogP contribution in [0.4, 0.5) is 0 Å². The third-order valence-corrected chi connectivity index (χ3v) is 3.78. The summed E-state index contributed by atoms with van der Waals surface area (Å²) in [4.78, 5) is 2.35. The average Bonchev–Trinajstić information content (AvgIpc) is 2.53. The molecule has 1 aliphatic rings. The van der Waals surface area contributed by atoms with Crippen LogP contribution in [0.2, 0.25) is 0 Å². The van der Waals surface area contributed by atoms with E-state index in [-0.39, 0.29) is 12.1 Å². The topological polar surface area (TPSA) is 57.0 Å². The number of morpholine rings is 1. The summed E-state index contributed by atoms with van der Waals surface area (Å²) in [6.45, 7) is 5.74. The number of benzene rings is 1. The quantitative estimate of drug-likeness (QED) is 0.884. The van der Waals surface area contributed by atoms with Crippen LogP contribution in [-0.4, -0.2) is 51.5 Å². The van der Waals surface area contributed by atoms with Crippen LogP contribution in [-0.2, 0) is 4.74 Å². The zero-order chi connectivity index (χ0) is 14.5. The number of hydrogen-bond donors (Lipinski definition) is 1. The first kappa shape index (κ1) is 15.1. The second kappa shape index (κ2) is 6.92. The molecule has 0 spiro atoms. The van der Waals surface area contributed by atoms with Crippen LogP contribution in [0.1, 0.15) is 18.5 Å². The molecular weight excluding hydrogens is 256 g/mol. The summed E-state index contributed by atoms with van der Waals surface area (Å²) in [6, 6.07) is 5.55. The van der Waals surface area contributed by atoms with Gasteiger partial charge < -0.3 is 19.9 Å². The second-order valence-electron chi connectivity index (χ2n) is 4.97. The minimum Gasteiger partial charge on any atom is -0.497 e. The fraction of sp³-hybridized carbons (Fsp3) is 0.600. The van der Waals surface area contributed by atoms with Gasteiger partial charge in [-0.05, 0) is 24.2 Å². The van der Waals surface area contributed by atoms with Gasteiger partial charge in [0.05, 0.1) is 33.0 Å². The lowest BCUT2D eigenvalue weighted by Crippen LogP contribution is -2.46. The predicted molar refractivity (Wildman–Crippen MR) is 78.3 cm³/mol. The molecule has 1 aromatic carbocycles. The van der Waals surface area contributed by atoms with E-state index in [1.54, 1.807) is 14.2 Å². The Morgan fingerprint density at radius 3 is 2.50 bits per heavy atom. The van der Waals surface area contributed by atoms with Gasteiger partial charge in [-0.2, -0.15) is 0 Å². The highest BCUT2D eigenvalue weighted by Crippen LogP contribution is 2.28. The lowest BCUT2D eigenvalue weighted by Gasteiger charge is -2.35. The molecule has 2 N–H and O–H groups in total. The molecule has 2 unspecified atom stereocenters. The molecule has 20 heavy (non-hydrogen) atoms. The Morgan fingerprint density at radius 1 is 1.30 bits per heavy atom. The van der Waals surface area contributed by atoms with E-state index in [4.69, 9.17) is 19.9 Å². The lowest BCUT2D eigenvalue weighted by molar-refractivity contribution is -0.0393. The highest BCUT2D eigenvalue weighted by Gasteiger charge is 2.26. The molecule has 0 aromatic heterocycles. The molecule has 1 saturated heterocycles. The molecule has 5 nitrogen and oxygen atoms in total. The van der Waals surface area contributed by atoms with E-state index >= 15 is 0 Å². The van der Waals surface area contributed by atoms with E-state index in [9.17, 15) is 0 Å². The number of ether oxygens (including phenoxy) is 3. The third-order valence-electron chi connectivity index (χ3n) is 3.78. The van der Waals surface area contributed by atoms with Gasteiger partial charge in [-0.3, -0.25) is 4.90 Å². The Kier molecular flexibility index (Phi) is 5.23. The summed E-state index contributed by atoms with van der Waals surface area (Å²) in [5.74, 6) is 1.50. The number of nitrogens with zero attached hydrogens (tertiary/aromatic N) is 1. The molecule has 0 radical (unpaired) electrons. The molecule has 1 heterocycles. The molecule has 2 rings (SSSR count). The Morgan fingerprint density at radius 2 is 1.95 bits per heavy atom. The maximum Gasteiger partial charge on any atom is 0.122 e. The van der Waals surface area contributed by atoms with Crippen LogP contribution in [0.15, 0.2) is 18.2 Å². The summed E-state index contributed by atoms with van der Waals surface area (Å²) in [7, 11) is 3.28. The zero-order valence-corrected chi connectivity index (χ0v) is 12.5. The van der Waals surface area contributed by atoms with Crippen LogP contribution in [0.25, 0.3) is 0 Å². The van der Waals surface area contributed by atoms with Crippen molar-refractivity contribution >= 4 is 0 Å². The van der Waals surface area contributed by atoms with Crippen LogP contribution in [0.3, 0.4) is 0 Å². The Balaban J connectivity index is 2.17. The molecule has 0 aliphatic carbocycles. The van der Waals surface area contributed by atoms with E-state index in [2.05, 4.69) is 11.8 Å². The number of hydrogen-bond acceptors (Lipinski definition) is 5. The fourth-order valence-electron chi connectivity index (χ4n) is 2.47. The minimum absolute atomic E-state index is 0.000474. The first-order valence-corrected chi connectivity index (χ1v) is 7.00. The van der Waals surface area contributed by atoms with E-state index in [0.29, 0.717) is 0 Å². The van der Waals surface area contributed by atoms with Gasteiger partial charge in [0, 0.05) is 19.2 Å². The standard InChI is InChI=1S/C15H24N2O3/c1-4-17-5-6-20-14(10-17)15(16)11-7-12(18-2)9-13(8-11)19-3/h7-9,14-15H,4-6,10,16H2,1-3H3. The molecule has 5 heteroatoms. The first-order chi connectivity index (χ1) is 9.67. The molecule has 1 aromatic rings. The van der Waals surface area contributed by atoms with Crippen LogP contribution in [0, 0.1) is 0 Å². The minimum atomic E-state index is -0.187. The molecule has 0 bridgehead atoms. The van der Waals surface area contributed by atoms with Gasteiger partial charge in [-0.15, -0.1) is 0 Å². The van der Waals surface area contributed by atoms with Gasteiger partial charge in [0.1, 0.15) is 11.5 Å². The zero-order valence-electron chi connectivity index (χ0n) is 12.5. The second-order valence-corrected chi connectivity index (χ2v) is 4.97. The molecule has 0 saturated carbocycles. The average molecular weight is 280 g/mol.